The Morgan fingerprint density at radius 1 is 1.14 bits per heavy atom. The van der Waals surface area contributed by atoms with E-state index in [0.29, 0.717) is 23.1 Å². The molecule has 2 heterocycles. The van der Waals surface area contributed by atoms with Crippen LogP contribution in [0.25, 0.3) is 22.2 Å². The maximum atomic E-state index is 6.44. The van der Waals surface area contributed by atoms with Gasteiger partial charge in [-0.15, -0.1) is 0 Å². The first kappa shape index (κ1) is 20.2. The highest BCUT2D eigenvalue weighted by Crippen LogP contribution is 2.32. The van der Waals surface area contributed by atoms with E-state index in [1.807, 2.05) is 18.3 Å². The molecule has 154 valence electrons. The summed E-state index contributed by atoms with van der Waals surface area (Å²) in [6.07, 6.45) is 12.4. The van der Waals surface area contributed by atoms with E-state index < -0.39 is 0 Å². The van der Waals surface area contributed by atoms with Crippen LogP contribution in [0.5, 0.6) is 0 Å². The number of aromatic nitrogens is 3. The van der Waals surface area contributed by atoms with Gasteiger partial charge in [-0.2, -0.15) is 0 Å². The molecule has 3 N–H and O–H groups in total. The van der Waals surface area contributed by atoms with Gasteiger partial charge in [0, 0.05) is 34.7 Å². The van der Waals surface area contributed by atoms with Crippen LogP contribution in [0.4, 0.5) is 5.95 Å². The Morgan fingerprint density at radius 2 is 2.00 bits per heavy atom. The summed E-state index contributed by atoms with van der Waals surface area (Å²) in [5, 5.41) is 8.93. The summed E-state index contributed by atoms with van der Waals surface area (Å²) in [7, 11) is 0. The summed E-state index contributed by atoms with van der Waals surface area (Å²) in [5.41, 5.74) is 2.86. The Bertz CT molecular complexity index is 938. The van der Waals surface area contributed by atoms with Crippen LogP contribution in [0, 0.1) is 0 Å². The average Bonchev–Trinajstić information content (AvgIpc) is 3.36. The van der Waals surface area contributed by atoms with E-state index in [4.69, 9.17) is 16.6 Å². The maximum Gasteiger partial charge on any atom is 0.223 e. The Kier molecular flexibility index (Phi) is 6.67. The molecular formula is C23H30ClN5. The fourth-order valence-corrected chi connectivity index (χ4v) is 4.42. The molecule has 1 saturated carbocycles. The molecule has 0 saturated heterocycles. The van der Waals surface area contributed by atoms with Crippen molar-refractivity contribution in [3.8, 4) is 11.3 Å². The van der Waals surface area contributed by atoms with Crippen LogP contribution in [-0.2, 0) is 0 Å². The molecule has 2 atom stereocenters. The maximum absolute atomic E-state index is 6.44. The molecular weight excluding hydrogens is 382 g/mol. The Hall–Kier alpha value is -2.11. The highest BCUT2D eigenvalue weighted by Gasteiger charge is 2.25. The van der Waals surface area contributed by atoms with Crippen molar-refractivity contribution in [1.29, 1.82) is 0 Å². The number of fused-ring (bicyclic) bond motifs is 1. The van der Waals surface area contributed by atoms with E-state index in [2.05, 4.69) is 39.7 Å². The van der Waals surface area contributed by atoms with E-state index in [0.717, 1.165) is 41.5 Å². The first-order valence-electron chi connectivity index (χ1n) is 10.8. The zero-order chi connectivity index (χ0) is 20.1. The fraction of sp³-hybridized carbons (Fsp3) is 0.478. The number of anilines is 1. The normalized spacial score (nSPS) is 19.1. The Morgan fingerprint density at radius 3 is 2.90 bits per heavy atom. The summed E-state index contributed by atoms with van der Waals surface area (Å²) < 4.78 is 0. The van der Waals surface area contributed by atoms with Gasteiger partial charge in [-0.05, 0) is 38.3 Å². The SMILES string of the molecule is CCCCCCN[C@H]1CC[C@@H](Nc2ncc(Cl)c(-c3c[nH]c4ccccc34)n2)C1. The largest absolute Gasteiger partial charge is 0.360 e. The lowest BCUT2D eigenvalue weighted by molar-refractivity contribution is 0.499. The molecule has 5 nitrogen and oxygen atoms in total. The second kappa shape index (κ2) is 9.59. The van der Waals surface area contributed by atoms with Crippen molar-refractivity contribution >= 4 is 28.5 Å². The van der Waals surface area contributed by atoms with Gasteiger partial charge >= 0.3 is 0 Å². The molecule has 1 fully saturated rings. The van der Waals surface area contributed by atoms with Gasteiger partial charge in [0.25, 0.3) is 0 Å². The van der Waals surface area contributed by atoms with Gasteiger partial charge in [0.2, 0.25) is 5.95 Å². The lowest BCUT2D eigenvalue weighted by Gasteiger charge is -2.15. The molecule has 1 aliphatic carbocycles. The predicted octanol–water partition coefficient (Wildman–Crippen LogP) is 5.78. The van der Waals surface area contributed by atoms with Crippen molar-refractivity contribution < 1.29 is 0 Å². The van der Waals surface area contributed by atoms with Crippen LogP contribution in [0.3, 0.4) is 0 Å². The molecule has 29 heavy (non-hydrogen) atoms. The average molecular weight is 412 g/mol. The van der Waals surface area contributed by atoms with E-state index in [-0.39, 0.29) is 0 Å². The third-order valence-corrected chi connectivity index (χ3v) is 6.09. The molecule has 0 unspecified atom stereocenters. The molecule has 4 rings (SSSR count). The zero-order valence-electron chi connectivity index (χ0n) is 17.0. The minimum absolute atomic E-state index is 0.403. The predicted molar refractivity (Wildman–Crippen MR) is 122 cm³/mol. The third kappa shape index (κ3) is 4.90. The van der Waals surface area contributed by atoms with Crippen molar-refractivity contribution in [2.24, 2.45) is 0 Å². The van der Waals surface area contributed by atoms with E-state index >= 15 is 0 Å². The second-order valence-electron chi connectivity index (χ2n) is 8.00. The van der Waals surface area contributed by atoms with E-state index in [9.17, 15) is 0 Å². The summed E-state index contributed by atoms with van der Waals surface area (Å²) in [5.74, 6) is 0.656. The number of H-pyrrole nitrogens is 1. The minimum atomic E-state index is 0.403. The van der Waals surface area contributed by atoms with Crippen LogP contribution < -0.4 is 10.6 Å². The van der Waals surface area contributed by atoms with Crippen LogP contribution in [0.1, 0.15) is 51.9 Å². The van der Waals surface area contributed by atoms with E-state index in [1.165, 1.54) is 32.1 Å². The number of halogens is 1. The van der Waals surface area contributed by atoms with Crippen LogP contribution >= 0.6 is 11.6 Å². The van der Waals surface area contributed by atoms with Gasteiger partial charge in [0.05, 0.1) is 16.9 Å². The van der Waals surface area contributed by atoms with Crippen molar-refractivity contribution in [3.05, 3.63) is 41.7 Å². The molecule has 0 radical (unpaired) electrons. The number of rotatable bonds is 9. The van der Waals surface area contributed by atoms with Gasteiger partial charge in [0.1, 0.15) is 0 Å². The van der Waals surface area contributed by atoms with Crippen molar-refractivity contribution in [3.63, 3.8) is 0 Å². The second-order valence-corrected chi connectivity index (χ2v) is 8.41. The summed E-state index contributed by atoms with van der Waals surface area (Å²) in [6.45, 7) is 3.38. The van der Waals surface area contributed by atoms with E-state index in [1.54, 1.807) is 6.20 Å². The monoisotopic (exact) mass is 411 g/mol. The summed E-state index contributed by atoms with van der Waals surface area (Å²) >= 11 is 6.44. The lowest BCUT2D eigenvalue weighted by Crippen LogP contribution is -2.29. The van der Waals surface area contributed by atoms with Gasteiger partial charge in [0.15, 0.2) is 0 Å². The topological polar surface area (TPSA) is 65.6 Å². The van der Waals surface area contributed by atoms with Crippen LogP contribution in [0.2, 0.25) is 5.02 Å². The first-order chi connectivity index (χ1) is 14.2. The molecule has 0 amide bonds. The van der Waals surface area contributed by atoms with Crippen molar-refractivity contribution in [1.82, 2.24) is 20.3 Å². The molecule has 1 aromatic carbocycles. The van der Waals surface area contributed by atoms with Gasteiger partial charge < -0.3 is 15.6 Å². The molecule has 0 aliphatic heterocycles. The molecule has 2 aromatic heterocycles. The first-order valence-corrected chi connectivity index (χ1v) is 11.2. The van der Waals surface area contributed by atoms with Crippen LogP contribution in [-0.4, -0.2) is 33.6 Å². The highest BCUT2D eigenvalue weighted by molar-refractivity contribution is 6.33. The van der Waals surface area contributed by atoms with Gasteiger partial charge in [-0.3, -0.25) is 0 Å². The Labute approximate surface area is 177 Å². The number of unbranched alkanes of at least 4 members (excludes halogenated alkanes) is 3. The van der Waals surface area contributed by atoms with Gasteiger partial charge in [-0.25, -0.2) is 9.97 Å². The number of benzene rings is 1. The molecule has 0 bridgehead atoms. The Balaban J connectivity index is 1.39. The molecule has 6 heteroatoms. The van der Waals surface area contributed by atoms with Crippen molar-refractivity contribution in [2.45, 2.75) is 64.0 Å². The number of para-hydroxylation sites is 1. The summed E-state index contributed by atoms with van der Waals surface area (Å²) in [4.78, 5) is 12.5. The fourth-order valence-electron chi connectivity index (χ4n) is 4.23. The lowest BCUT2D eigenvalue weighted by atomic mass is 10.1. The quantitative estimate of drug-likeness (QED) is 0.390. The number of nitrogens with one attached hydrogen (secondary N) is 3. The standard InChI is InChI=1S/C23H30ClN5/c1-2-3-4-7-12-25-16-10-11-17(13-16)28-23-27-15-20(24)22(29-23)19-14-26-21-9-6-5-8-18(19)21/h5-6,8-9,14-17,25-26H,2-4,7,10-13H2,1H3,(H,27,28,29)/t16-,17+/m0/s1. The number of hydrogen-bond donors (Lipinski definition) is 3. The number of nitrogens with zero attached hydrogens (tertiary/aromatic N) is 2. The zero-order valence-corrected chi connectivity index (χ0v) is 17.8. The number of hydrogen-bond acceptors (Lipinski definition) is 4. The number of aromatic amines is 1. The smallest absolute Gasteiger partial charge is 0.223 e. The highest BCUT2D eigenvalue weighted by atomic mass is 35.5. The third-order valence-electron chi connectivity index (χ3n) is 5.82. The molecule has 0 spiro atoms. The van der Waals surface area contributed by atoms with Gasteiger partial charge in [-0.1, -0.05) is 56.0 Å². The molecule has 3 aromatic rings. The molecule has 1 aliphatic rings. The summed E-state index contributed by atoms with van der Waals surface area (Å²) in [6, 6.07) is 9.18. The van der Waals surface area contributed by atoms with Crippen molar-refractivity contribution in [2.75, 3.05) is 11.9 Å². The minimum Gasteiger partial charge on any atom is -0.360 e. The van der Waals surface area contributed by atoms with Crippen LogP contribution in [0.15, 0.2) is 36.7 Å².